The van der Waals surface area contributed by atoms with E-state index < -0.39 is 0 Å². The van der Waals surface area contributed by atoms with E-state index in [0.717, 1.165) is 71.5 Å². The van der Waals surface area contributed by atoms with Crippen molar-refractivity contribution >= 4 is 22.3 Å². The van der Waals surface area contributed by atoms with Crippen LogP contribution in [-0.4, -0.2) is 76.4 Å². The summed E-state index contributed by atoms with van der Waals surface area (Å²) in [6.07, 6.45) is 17.1. The zero-order valence-electron chi connectivity index (χ0n) is 25.5. The SMILES string of the molecule is C#Cc1cccc2cc(O)cc(N3CCc4c(nc(OC[C@@]56CCCN5[C@@H]5CCC[C@@H]5C6)nc4N4CC5CCC(C4)N5)C3)c12. The van der Waals surface area contributed by atoms with Gasteiger partial charge in [0, 0.05) is 66.0 Å². The van der Waals surface area contributed by atoms with Gasteiger partial charge in [-0.25, -0.2) is 0 Å². The van der Waals surface area contributed by atoms with E-state index in [1.165, 1.54) is 63.5 Å². The molecule has 6 aliphatic rings. The summed E-state index contributed by atoms with van der Waals surface area (Å²) in [6.45, 7) is 5.27. The van der Waals surface area contributed by atoms with Gasteiger partial charge in [0.2, 0.25) is 0 Å². The smallest absolute Gasteiger partial charge is 0.318 e. The zero-order valence-corrected chi connectivity index (χ0v) is 25.5. The second-order valence-corrected chi connectivity index (χ2v) is 14.3. The monoisotopic (exact) mass is 590 g/mol. The van der Waals surface area contributed by atoms with Gasteiger partial charge in [0.1, 0.15) is 18.2 Å². The lowest BCUT2D eigenvalue weighted by Crippen LogP contribution is -2.52. The van der Waals surface area contributed by atoms with Crippen molar-refractivity contribution in [2.45, 2.75) is 88.0 Å². The topological polar surface area (TPSA) is 77.0 Å². The summed E-state index contributed by atoms with van der Waals surface area (Å²) in [5.41, 5.74) is 4.21. The van der Waals surface area contributed by atoms with Gasteiger partial charge < -0.3 is 25.0 Å². The highest BCUT2D eigenvalue weighted by Gasteiger charge is 2.55. The second-order valence-electron chi connectivity index (χ2n) is 14.3. The lowest BCUT2D eigenvalue weighted by Gasteiger charge is -2.38. The number of ether oxygens (including phenoxy) is 1. The maximum absolute atomic E-state index is 10.7. The highest BCUT2D eigenvalue weighted by molar-refractivity contribution is 6.00. The number of aromatic nitrogens is 2. The van der Waals surface area contributed by atoms with Crippen LogP contribution in [0.1, 0.15) is 68.2 Å². The largest absolute Gasteiger partial charge is 0.508 e. The summed E-state index contributed by atoms with van der Waals surface area (Å²) >= 11 is 0. The minimum Gasteiger partial charge on any atom is -0.508 e. The van der Waals surface area contributed by atoms with Crippen molar-refractivity contribution in [1.29, 1.82) is 0 Å². The van der Waals surface area contributed by atoms with Gasteiger partial charge in [0.05, 0.1) is 17.8 Å². The number of piperazine rings is 1. The van der Waals surface area contributed by atoms with Crippen LogP contribution < -0.4 is 19.9 Å². The van der Waals surface area contributed by atoms with E-state index in [4.69, 9.17) is 21.1 Å². The molecule has 0 radical (unpaired) electrons. The maximum atomic E-state index is 10.7. The second kappa shape index (κ2) is 10.3. The van der Waals surface area contributed by atoms with Crippen molar-refractivity contribution in [3.63, 3.8) is 0 Å². The molecule has 228 valence electrons. The van der Waals surface area contributed by atoms with Crippen molar-refractivity contribution in [2.24, 2.45) is 5.92 Å². The third-order valence-corrected chi connectivity index (χ3v) is 11.8. The quantitative estimate of drug-likeness (QED) is 0.418. The van der Waals surface area contributed by atoms with Crippen LogP contribution in [0.2, 0.25) is 0 Å². The van der Waals surface area contributed by atoms with Gasteiger partial charge in [-0.15, -0.1) is 6.42 Å². The minimum atomic E-state index is 0.140. The standard InChI is InChI=1S/C36H42N6O2/c1-2-23-6-3-7-24-16-28(43)17-32(33(23)24)40-15-12-29-30(21-40)38-35(39-34(29)41-19-26-10-11-27(20-41)37-26)44-22-36-13-5-14-42(36)31-9-4-8-25(31)18-36/h1,3,6-7,16-17,25-27,31,37,43H,4-5,8-15,18-22H2/t25-,26?,27?,31-,36+/m1/s1. The number of phenolic OH excluding ortho intramolecular Hbond substituents is 1. The molecule has 2 unspecified atom stereocenters. The number of benzene rings is 2. The average Bonchev–Trinajstić information content (AvgIpc) is 3.80. The lowest BCUT2D eigenvalue weighted by molar-refractivity contribution is 0.0829. The van der Waals surface area contributed by atoms with Crippen LogP contribution in [-0.2, 0) is 13.0 Å². The van der Waals surface area contributed by atoms with Crippen molar-refractivity contribution in [2.75, 3.05) is 42.6 Å². The Morgan fingerprint density at radius 2 is 1.93 bits per heavy atom. The summed E-state index contributed by atoms with van der Waals surface area (Å²) in [7, 11) is 0. The fourth-order valence-corrected chi connectivity index (χ4v) is 9.91. The number of fused-ring (bicyclic) bond motifs is 7. The average molecular weight is 591 g/mol. The van der Waals surface area contributed by atoms with E-state index >= 15 is 0 Å². The van der Waals surface area contributed by atoms with Crippen LogP contribution in [0.15, 0.2) is 30.3 Å². The molecule has 3 aromatic rings. The normalized spacial score (nSPS) is 30.8. The molecule has 0 spiro atoms. The Bertz CT molecular complexity index is 1660. The molecule has 8 nitrogen and oxygen atoms in total. The van der Waals surface area contributed by atoms with E-state index in [1.807, 2.05) is 24.3 Å². The molecule has 8 heteroatoms. The lowest BCUT2D eigenvalue weighted by atomic mass is 9.90. The fourth-order valence-electron chi connectivity index (χ4n) is 9.91. The van der Waals surface area contributed by atoms with Gasteiger partial charge in [-0.2, -0.15) is 9.97 Å². The van der Waals surface area contributed by atoms with Crippen LogP contribution in [0.25, 0.3) is 10.8 Å². The Kier molecular flexibility index (Phi) is 6.25. The summed E-state index contributed by atoms with van der Waals surface area (Å²) in [4.78, 5) is 18.0. The summed E-state index contributed by atoms with van der Waals surface area (Å²) in [6, 6.07) is 11.9. The Labute approximate surface area is 259 Å². The van der Waals surface area contributed by atoms with Crippen molar-refractivity contribution < 1.29 is 9.84 Å². The molecule has 2 bridgehead atoms. The van der Waals surface area contributed by atoms with Gasteiger partial charge >= 0.3 is 6.01 Å². The zero-order chi connectivity index (χ0) is 29.4. The molecule has 5 atom stereocenters. The number of nitrogens with one attached hydrogen (secondary N) is 1. The van der Waals surface area contributed by atoms with Crippen LogP contribution in [0, 0.1) is 18.3 Å². The minimum absolute atomic E-state index is 0.140. The van der Waals surface area contributed by atoms with Crippen LogP contribution in [0.5, 0.6) is 11.8 Å². The van der Waals surface area contributed by atoms with Gasteiger partial charge in [-0.3, -0.25) is 4.90 Å². The number of anilines is 2. The highest BCUT2D eigenvalue weighted by Crippen LogP contribution is 2.51. The van der Waals surface area contributed by atoms with E-state index in [0.29, 0.717) is 31.2 Å². The molecule has 1 aromatic heterocycles. The Morgan fingerprint density at radius 3 is 2.80 bits per heavy atom. The van der Waals surface area contributed by atoms with E-state index in [1.54, 1.807) is 6.07 Å². The first-order chi connectivity index (χ1) is 21.6. The van der Waals surface area contributed by atoms with E-state index in [2.05, 4.69) is 25.9 Å². The molecule has 4 saturated heterocycles. The number of rotatable bonds is 5. The first kappa shape index (κ1) is 26.8. The van der Waals surface area contributed by atoms with Crippen molar-refractivity contribution in [3.8, 4) is 24.1 Å². The Balaban J connectivity index is 1.07. The third-order valence-electron chi connectivity index (χ3n) is 11.8. The number of nitrogens with zero attached hydrogens (tertiary/aromatic N) is 5. The van der Waals surface area contributed by atoms with Crippen molar-refractivity contribution in [3.05, 3.63) is 47.2 Å². The Morgan fingerprint density at radius 1 is 1.05 bits per heavy atom. The van der Waals surface area contributed by atoms with E-state index in [9.17, 15) is 5.11 Å². The maximum Gasteiger partial charge on any atom is 0.318 e. The number of hydrogen-bond acceptors (Lipinski definition) is 8. The number of terminal acetylenes is 1. The molecule has 9 rings (SSSR count). The van der Waals surface area contributed by atoms with E-state index in [-0.39, 0.29) is 11.3 Å². The number of hydrogen-bond donors (Lipinski definition) is 2. The Hall–Kier alpha value is -3.54. The molecule has 6 heterocycles. The molecular weight excluding hydrogens is 548 g/mol. The van der Waals surface area contributed by atoms with Crippen LogP contribution >= 0.6 is 0 Å². The molecule has 2 N–H and O–H groups in total. The molecule has 5 fully saturated rings. The van der Waals surface area contributed by atoms with Gasteiger partial charge in [-0.1, -0.05) is 24.5 Å². The number of aromatic hydroxyl groups is 1. The number of phenols is 1. The molecule has 0 amide bonds. The first-order valence-electron chi connectivity index (χ1n) is 16.8. The van der Waals surface area contributed by atoms with Crippen LogP contribution in [0.3, 0.4) is 0 Å². The first-order valence-corrected chi connectivity index (χ1v) is 16.8. The predicted molar refractivity (Wildman–Crippen MR) is 172 cm³/mol. The molecule has 1 aliphatic carbocycles. The highest BCUT2D eigenvalue weighted by atomic mass is 16.5. The third kappa shape index (κ3) is 4.27. The summed E-state index contributed by atoms with van der Waals surface area (Å²) < 4.78 is 6.70. The van der Waals surface area contributed by atoms with Crippen molar-refractivity contribution in [1.82, 2.24) is 20.2 Å². The molecular formula is C36H42N6O2. The predicted octanol–water partition coefficient (Wildman–Crippen LogP) is 4.61. The fraction of sp³-hybridized carbons (Fsp3) is 0.556. The van der Waals surface area contributed by atoms with Gasteiger partial charge in [0.25, 0.3) is 0 Å². The molecule has 5 aliphatic heterocycles. The molecule has 2 aromatic carbocycles. The molecule has 1 saturated carbocycles. The van der Waals surface area contributed by atoms with Gasteiger partial charge in [-0.05, 0) is 81.3 Å². The van der Waals surface area contributed by atoms with Gasteiger partial charge in [0.15, 0.2) is 0 Å². The summed E-state index contributed by atoms with van der Waals surface area (Å²) in [5, 5.41) is 16.4. The summed E-state index contributed by atoms with van der Waals surface area (Å²) in [5.74, 6) is 5.01. The molecule has 44 heavy (non-hydrogen) atoms. The van der Waals surface area contributed by atoms with Crippen LogP contribution in [0.4, 0.5) is 11.5 Å².